The molecule has 0 aromatic heterocycles. The molecule has 1 aliphatic heterocycles. The number of aryl methyl sites for hydroxylation is 1. The van der Waals surface area contributed by atoms with Crippen LogP contribution in [0.4, 0.5) is 5.69 Å². The summed E-state index contributed by atoms with van der Waals surface area (Å²) in [6, 6.07) is 9.52. The molecule has 3 N–H and O–H groups in total. The highest BCUT2D eigenvalue weighted by Crippen LogP contribution is 2.24. The van der Waals surface area contributed by atoms with Gasteiger partial charge in [0.25, 0.3) is 5.91 Å². The molecule has 3 rings (SSSR count). The molecule has 0 atom stereocenters. The Morgan fingerprint density at radius 2 is 1.63 bits per heavy atom. The van der Waals surface area contributed by atoms with E-state index in [1.807, 2.05) is 0 Å². The van der Waals surface area contributed by atoms with E-state index in [-0.39, 0.29) is 10.5 Å². The van der Waals surface area contributed by atoms with Crippen molar-refractivity contribution in [3.63, 3.8) is 0 Å². The van der Waals surface area contributed by atoms with Crippen LogP contribution in [0.2, 0.25) is 0 Å². The molecule has 0 bridgehead atoms. The minimum absolute atomic E-state index is 0.114. The largest absolute Gasteiger partial charge is 0.366 e. The molecular formula is C22H27N3O4S. The number of anilines is 1. The molecule has 0 unspecified atom stereocenters. The standard InChI is InChI=1S/C22H27N3O4S/c1-15-10-11-17(30(28,29)25-12-5-3-4-6-13-25)14-19(15)22(27)24-20-9-7-8-18(16(20)2)21(23)26/h7-11,14H,3-6,12-13H2,1-2H3,(H2,23,26)(H,24,27). The van der Waals surface area contributed by atoms with Crippen LogP contribution in [-0.4, -0.2) is 37.6 Å². The molecule has 2 aromatic carbocycles. The minimum atomic E-state index is -3.66. The molecule has 8 heteroatoms. The van der Waals surface area contributed by atoms with E-state index >= 15 is 0 Å². The van der Waals surface area contributed by atoms with E-state index in [2.05, 4.69) is 5.32 Å². The van der Waals surface area contributed by atoms with Crippen molar-refractivity contribution in [2.75, 3.05) is 18.4 Å². The molecule has 0 saturated carbocycles. The second-order valence-corrected chi connectivity index (χ2v) is 9.53. The van der Waals surface area contributed by atoms with Crippen LogP contribution in [-0.2, 0) is 10.0 Å². The second-order valence-electron chi connectivity index (χ2n) is 7.59. The Bertz CT molecular complexity index is 1070. The highest BCUT2D eigenvalue weighted by molar-refractivity contribution is 7.89. The number of benzene rings is 2. The molecular weight excluding hydrogens is 402 g/mol. The van der Waals surface area contributed by atoms with Gasteiger partial charge >= 0.3 is 0 Å². The summed E-state index contributed by atoms with van der Waals surface area (Å²) in [4.78, 5) is 24.6. The number of nitrogens with zero attached hydrogens (tertiary/aromatic N) is 1. The van der Waals surface area contributed by atoms with Crippen LogP contribution >= 0.6 is 0 Å². The Hall–Kier alpha value is -2.71. The number of hydrogen-bond donors (Lipinski definition) is 2. The molecule has 1 heterocycles. The fourth-order valence-corrected chi connectivity index (χ4v) is 5.21. The van der Waals surface area contributed by atoms with Crippen molar-refractivity contribution in [1.29, 1.82) is 0 Å². The van der Waals surface area contributed by atoms with Crippen LogP contribution in [0.5, 0.6) is 0 Å². The SMILES string of the molecule is Cc1ccc(S(=O)(=O)N2CCCCCC2)cc1C(=O)Nc1cccc(C(N)=O)c1C. The van der Waals surface area contributed by atoms with Gasteiger partial charge in [-0.1, -0.05) is 25.0 Å². The number of nitrogens with one attached hydrogen (secondary N) is 1. The summed E-state index contributed by atoms with van der Waals surface area (Å²) in [5.74, 6) is -1.02. The minimum Gasteiger partial charge on any atom is -0.366 e. The zero-order valence-electron chi connectivity index (χ0n) is 17.3. The number of primary amides is 1. The fraction of sp³-hybridized carbons (Fsp3) is 0.364. The van der Waals surface area contributed by atoms with Gasteiger partial charge in [0.2, 0.25) is 15.9 Å². The molecule has 2 aromatic rings. The summed E-state index contributed by atoms with van der Waals surface area (Å²) in [5.41, 5.74) is 7.64. The molecule has 1 saturated heterocycles. The van der Waals surface area contributed by atoms with Gasteiger partial charge in [-0.15, -0.1) is 0 Å². The zero-order chi connectivity index (χ0) is 21.9. The number of sulfonamides is 1. The number of carbonyl (C=O) groups excluding carboxylic acids is 2. The lowest BCUT2D eigenvalue weighted by Crippen LogP contribution is -2.32. The number of nitrogens with two attached hydrogens (primary N) is 1. The lowest BCUT2D eigenvalue weighted by molar-refractivity contribution is 0.0995. The van der Waals surface area contributed by atoms with E-state index in [9.17, 15) is 18.0 Å². The van der Waals surface area contributed by atoms with Crippen molar-refractivity contribution in [2.24, 2.45) is 5.73 Å². The Morgan fingerprint density at radius 3 is 2.27 bits per heavy atom. The zero-order valence-corrected chi connectivity index (χ0v) is 18.1. The number of rotatable bonds is 5. The Kier molecular flexibility index (Phi) is 6.58. The van der Waals surface area contributed by atoms with E-state index in [4.69, 9.17) is 5.73 Å². The average molecular weight is 430 g/mol. The van der Waals surface area contributed by atoms with Crippen molar-refractivity contribution in [3.8, 4) is 0 Å². The van der Waals surface area contributed by atoms with Gasteiger partial charge in [0.1, 0.15) is 0 Å². The molecule has 160 valence electrons. The number of amides is 2. The van der Waals surface area contributed by atoms with Gasteiger partial charge in [0, 0.05) is 29.9 Å². The highest BCUT2D eigenvalue weighted by Gasteiger charge is 2.26. The van der Waals surface area contributed by atoms with Crippen molar-refractivity contribution in [2.45, 2.75) is 44.4 Å². The maximum absolute atomic E-state index is 13.1. The van der Waals surface area contributed by atoms with Crippen molar-refractivity contribution in [3.05, 3.63) is 58.7 Å². The lowest BCUT2D eigenvalue weighted by Gasteiger charge is -2.20. The van der Waals surface area contributed by atoms with Crippen molar-refractivity contribution >= 4 is 27.5 Å². The van der Waals surface area contributed by atoms with Gasteiger partial charge in [0.05, 0.1) is 4.90 Å². The van der Waals surface area contributed by atoms with Crippen LogP contribution in [0.25, 0.3) is 0 Å². The van der Waals surface area contributed by atoms with Gasteiger partial charge in [-0.2, -0.15) is 4.31 Å². The quantitative estimate of drug-likeness (QED) is 0.760. The van der Waals surface area contributed by atoms with Gasteiger partial charge in [-0.25, -0.2) is 8.42 Å². The van der Waals surface area contributed by atoms with Crippen molar-refractivity contribution in [1.82, 2.24) is 4.31 Å². The maximum Gasteiger partial charge on any atom is 0.255 e. The van der Waals surface area contributed by atoms with E-state index in [1.165, 1.54) is 10.4 Å². The van der Waals surface area contributed by atoms with Crippen LogP contribution in [0, 0.1) is 13.8 Å². The topological polar surface area (TPSA) is 110 Å². The number of carbonyl (C=O) groups is 2. The van der Waals surface area contributed by atoms with Crippen LogP contribution in [0.15, 0.2) is 41.3 Å². The summed E-state index contributed by atoms with van der Waals surface area (Å²) < 4.78 is 27.7. The summed E-state index contributed by atoms with van der Waals surface area (Å²) in [6.07, 6.45) is 3.73. The third-order valence-corrected chi connectivity index (χ3v) is 7.40. The van der Waals surface area contributed by atoms with Crippen molar-refractivity contribution < 1.29 is 18.0 Å². The normalized spacial score (nSPS) is 15.4. The Labute approximate surface area is 177 Å². The van der Waals surface area contributed by atoms with E-state index in [1.54, 1.807) is 44.2 Å². The van der Waals surface area contributed by atoms with Gasteiger partial charge in [0.15, 0.2) is 0 Å². The predicted octanol–water partition coefficient (Wildman–Crippen LogP) is 3.22. The second kappa shape index (κ2) is 8.97. The van der Waals surface area contributed by atoms with E-state index in [0.29, 0.717) is 35.5 Å². The summed E-state index contributed by atoms with van der Waals surface area (Å²) in [7, 11) is -3.66. The molecule has 0 spiro atoms. The summed E-state index contributed by atoms with van der Waals surface area (Å²) >= 11 is 0. The van der Waals surface area contributed by atoms with Gasteiger partial charge in [-0.05, 0) is 62.1 Å². The maximum atomic E-state index is 13.1. The van der Waals surface area contributed by atoms with E-state index < -0.39 is 21.8 Å². The monoisotopic (exact) mass is 429 g/mol. The predicted molar refractivity (Wildman–Crippen MR) is 116 cm³/mol. The smallest absolute Gasteiger partial charge is 0.255 e. The van der Waals surface area contributed by atoms with Crippen LogP contribution < -0.4 is 11.1 Å². The third kappa shape index (κ3) is 4.55. The Balaban J connectivity index is 1.91. The molecule has 2 amide bonds. The molecule has 30 heavy (non-hydrogen) atoms. The van der Waals surface area contributed by atoms with Crippen LogP contribution in [0.3, 0.4) is 0 Å². The first-order chi connectivity index (χ1) is 14.2. The highest BCUT2D eigenvalue weighted by atomic mass is 32.2. The number of hydrogen-bond acceptors (Lipinski definition) is 4. The molecule has 0 radical (unpaired) electrons. The first-order valence-corrected chi connectivity index (χ1v) is 11.5. The molecule has 7 nitrogen and oxygen atoms in total. The van der Waals surface area contributed by atoms with Gasteiger partial charge in [-0.3, -0.25) is 9.59 Å². The Morgan fingerprint density at radius 1 is 0.967 bits per heavy atom. The van der Waals surface area contributed by atoms with Gasteiger partial charge < -0.3 is 11.1 Å². The first-order valence-electron chi connectivity index (χ1n) is 10.0. The fourth-order valence-electron chi connectivity index (χ4n) is 3.66. The first kappa shape index (κ1) is 22.0. The lowest BCUT2D eigenvalue weighted by atomic mass is 10.0. The van der Waals surface area contributed by atoms with Crippen LogP contribution in [0.1, 0.15) is 57.5 Å². The summed E-state index contributed by atoms with van der Waals surface area (Å²) in [5, 5.41) is 2.78. The molecule has 1 aliphatic rings. The third-order valence-electron chi connectivity index (χ3n) is 5.50. The molecule has 0 aliphatic carbocycles. The molecule has 1 fully saturated rings. The average Bonchev–Trinajstić information content (AvgIpc) is 2.99. The van der Waals surface area contributed by atoms with E-state index in [0.717, 1.165) is 25.7 Å². The summed E-state index contributed by atoms with van der Waals surface area (Å²) in [6.45, 7) is 4.44.